The second kappa shape index (κ2) is 5.44. The van der Waals surface area contributed by atoms with Crippen molar-refractivity contribution in [1.82, 2.24) is 25.5 Å². The Kier molecular flexibility index (Phi) is 3.71. The molecule has 0 aromatic carbocycles. The summed E-state index contributed by atoms with van der Waals surface area (Å²) in [6, 6.07) is 1.88. The van der Waals surface area contributed by atoms with E-state index in [2.05, 4.69) is 20.6 Å². The minimum atomic E-state index is 0.0237. The Balaban J connectivity index is 1.83. The first-order chi connectivity index (χ1) is 8.66. The quantitative estimate of drug-likeness (QED) is 0.842. The van der Waals surface area contributed by atoms with E-state index < -0.39 is 0 Å². The van der Waals surface area contributed by atoms with Gasteiger partial charge in [0.2, 0.25) is 5.91 Å². The molecule has 0 atom stereocenters. The number of tetrazole rings is 1. The van der Waals surface area contributed by atoms with E-state index in [0.29, 0.717) is 25.2 Å². The maximum Gasteiger partial charge on any atom is 0.223 e. The van der Waals surface area contributed by atoms with Crippen molar-refractivity contribution < 1.29 is 9.21 Å². The minimum absolute atomic E-state index is 0.0237. The largest absolute Gasteiger partial charge is 0.467 e. The van der Waals surface area contributed by atoms with Gasteiger partial charge in [-0.3, -0.25) is 4.79 Å². The molecule has 0 bridgehead atoms. The molecule has 0 radical (unpaired) electrons. The average Bonchev–Trinajstić information content (AvgIpc) is 2.99. The van der Waals surface area contributed by atoms with Crippen LogP contribution in [0.5, 0.6) is 0 Å². The van der Waals surface area contributed by atoms with Gasteiger partial charge >= 0.3 is 0 Å². The van der Waals surface area contributed by atoms with Gasteiger partial charge in [-0.05, 0) is 18.6 Å². The molecule has 7 nitrogen and oxygen atoms in total. The summed E-state index contributed by atoms with van der Waals surface area (Å²) >= 11 is 0. The highest BCUT2D eigenvalue weighted by atomic mass is 16.3. The summed E-state index contributed by atoms with van der Waals surface area (Å²) in [5.41, 5.74) is 1.05. The van der Waals surface area contributed by atoms with Gasteiger partial charge in [-0.25, -0.2) is 0 Å². The number of aromatic amines is 1. The summed E-state index contributed by atoms with van der Waals surface area (Å²) in [6.07, 6.45) is 2.47. The smallest absolute Gasteiger partial charge is 0.223 e. The van der Waals surface area contributed by atoms with Gasteiger partial charge in [-0.2, -0.15) is 5.21 Å². The summed E-state index contributed by atoms with van der Waals surface area (Å²) in [6.45, 7) is 2.43. The van der Waals surface area contributed by atoms with Crippen LogP contribution in [0.3, 0.4) is 0 Å². The normalized spacial score (nSPS) is 10.6. The Labute approximate surface area is 104 Å². The lowest BCUT2D eigenvalue weighted by atomic mass is 10.2. The first kappa shape index (κ1) is 12.3. The molecule has 0 saturated heterocycles. The van der Waals surface area contributed by atoms with Crippen LogP contribution in [0.4, 0.5) is 0 Å². The fourth-order valence-electron chi connectivity index (χ4n) is 1.57. The predicted octanol–water partition coefficient (Wildman–Crippen LogP) is 0.692. The summed E-state index contributed by atoms with van der Waals surface area (Å²) in [7, 11) is 1.75. The van der Waals surface area contributed by atoms with Gasteiger partial charge in [0, 0.05) is 19.9 Å². The molecule has 0 spiro atoms. The molecule has 1 N–H and O–H groups in total. The minimum Gasteiger partial charge on any atom is -0.467 e. The van der Waals surface area contributed by atoms with Crippen molar-refractivity contribution in [2.75, 3.05) is 7.05 Å². The Hall–Kier alpha value is -2.18. The van der Waals surface area contributed by atoms with E-state index in [9.17, 15) is 4.79 Å². The Morgan fingerprint density at radius 3 is 3.00 bits per heavy atom. The average molecular weight is 249 g/mol. The number of hydrogen-bond acceptors (Lipinski definition) is 5. The van der Waals surface area contributed by atoms with E-state index in [-0.39, 0.29) is 5.91 Å². The second-order valence-corrected chi connectivity index (χ2v) is 4.10. The maximum atomic E-state index is 11.9. The topological polar surface area (TPSA) is 87.9 Å². The highest BCUT2D eigenvalue weighted by Gasteiger charge is 2.13. The number of aryl methyl sites for hydroxylation is 2. The molecular formula is C11H15N5O2. The van der Waals surface area contributed by atoms with Gasteiger partial charge in [0.1, 0.15) is 5.76 Å². The number of carbonyl (C=O) groups excluding carboxylic acids is 1. The fraction of sp³-hybridized carbons (Fsp3) is 0.455. The molecule has 0 fully saturated rings. The molecular weight excluding hydrogens is 234 g/mol. The number of furan rings is 1. The molecule has 0 saturated carbocycles. The number of hydrogen-bond donors (Lipinski definition) is 1. The van der Waals surface area contributed by atoms with Gasteiger partial charge in [0.05, 0.1) is 12.8 Å². The van der Waals surface area contributed by atoms with E-state index in [4.69, 9.17) is 4.42 Å². The molecule has 2 rings (SSSR count). The zero-order valence-corrected chi connectivity index (χ0v) is 10.4. The second-order valence-electron chi connectivity index (χ2n) is 4.10. The number of rotatable bonds is 5. The number of nitrogens with zero attached hydrogens (tertiary/aromatic N) is 4. The molecule has 1 amide bonds. The van der Waals surface area contributed by atoms with Gasteiger partial charge in [-0.1, -0.05) is 5.21 Å². The summed E-state index contributed by atoms with van der Waals surface area (Å²) in [5, 5.41) is 13.4. The van der Waals surface area contributed by atoms with Gasteiger partial charge in [0.15, 0.2) is 5.82 Å². The van der Waals surface area contributed by atoms with Crippen LogP contribution in [0.2, 0.25) is 0 Å². The Morgan fingerprint density at radius 2 is 2.39 bits per heavy atom. The van der Waals surface area contributed by atoms with Crippen molar-refractivity contribution in [3.8, 4) is 0 Å². The van der Waals surface area contributed by atoms with E-state index in [1.54, 1.807) is 18.2 Å². The van der Waals surface area contributed by atoms with Crippen LogP contribution in [-0.2, 0) is 17.8 Å². The van der Waals surface area contributed by atoms with Crippen LogP contribution < -0.4 is 0 Å². The monoisotopic (exact) mass is 249 g/mol. The van der Waals surface area contributed by atoms with Crippen molar-refractivity contribution in [3.63, 3.8) is 0 Å². The van der Waals surface area contributed by atoms with E-state index in [1.807, 2.05) is 13.0 Å². The van der Waals surface area contributed by atoms with E-state index >= 15 is 0 Å². The van der Waals surface area contributed by atoms with Crippen molar-refractivity contribution in [3.05, 3.63) is 29.5 Å². The standard InChI is InChI=1S/C11H15N5O2/c1-8-5-6-18-9(8)7-16(2)11(17)4-3-10-12-14-15-13-10/h5-6H,3-4,7H2,1-2H3,(H,12,13,14,15). The number of carbonyl (C=O) groups is 1. The number of aromatic nitrogens is 4. The SMILES string of the molecule is Cc1ccoc1CN(C)C(=O)CCc1nn[nH]n1. The van der Waals surface area contributed by atoms with Crippen molar-refractivity contribution >= 4 is 5.91 Å². The van der Waals surface area contributed by atoms with Crippen LogP contribution in [0.1, 0.15) is 23.6 Å². The fourth-order valence-corrected chi connectivity index (χ4v) is 1.57. The molecule has 7 heteroatoms. The maximum absolute atomic E-state index is 11.9. The lowest BCUT2D eigenvalue weighted by Gasteiger charge is -2.15. The molecule has 2 aromatic heterocycles. The third kappa shape index (κ3) is 2.93. The van der Waals surface area contributed by atoms with E-state index in [1.165, 1.54) is 0 Å². The Morgan fingerprint density at radius 1 is 1.56 bits per heavy atom. The number of H-pyrrole nitrogens is 1. The molecule has 18 heavy (non-hydrogen) atoms. The first-order valence-corrected chi connectivity index (χ1v) is 5.66. The number of nitrogens with one attached hydrogen (secondary N) is 1. The van der Waals surface area contributed by atoms with Crippen LogP contribution in [0.25, 0.3) is 0 Å². The van der Waals surface area contributed by atoms with Crippen molar-refractivity contribution in [1.29, 1.82) is 0 Å². The highest BCUT2D eigenvalue weighted by Crippen LogP contribution is 2.11. The van der Waals surface area contributed by atoms with Crippen LogP contribution in [0.15, 0.2) is 16.7 Å². The Bertz CT molecular complexity index is 505. The third-order valence-corrected chi connectivity index (χ3v) is 2.73. The number of amides is 1. The van der Waals surface area contributed by atoms with Gasteiger partial charge in [0.25, 0.3) is 0 Å². The third-order valence-electron chi connectivity index (χ3n) is 2.73. The molecule has 0 unspecified atom stereocenters. The first-order valence-electron chi connectivity index (χ1n) is 5.66. The van der Waals surface area contributed by atoms with Crippen LogP contribution in [-0.4, -0.2) is 38.5 Å². The lowest BCUT2D eigenvalue weighted by Crippen LogP contribution is -2.26. The van der Waals surface area contributed by atoms with Gasteiger partial charge < -0.3 is 9.32 Å². The molecule has 2 heterocycles. The summed E-state index contributed by atoms with van der Waals surface area (Å²) < 4.78 is 5.30. The zero-order valence-electron chi connectivity index (χ0n) is 10.4. The predicted molar refractivity (Wildman–Crippen MR) is 62.4 cm³/mol. The van der Waals surface area contributed by atoms with E-state index in [0.717, 1.165) is 11.3 Å². The summed E-state index contributed by atoms with van der Waals surface area (Å²) in [4.78, 5) is 13.5. The molecule has 0 aliphatic rings. The van der Waals surface area contributed by atoms with Crippen molar-refractivity contribution in [2.45, 2.75) is 26.3 Å². The van der Waals surface area contributed by atoms with Gasteiger partial charge in [-0.15, -0.1) is 10.2 Å². The summed E-state index contributed by atoms with van der Waals surface area (Å²) in [5.74, 6) is 1.38. The molecule has 0 aliphatic heterocycles. The van der Waals surface area contributed by atoms with Crippen LogP contribution >= 0.6 is 0 Å². The van der Waals surface area contributed by atoms with Crippen LogP contribution in [0, 0.1) is 6.92 Å². The highest BCUT2D eigenvalue weighted by molar-refractivity contribution is 5.75. The lowest BCUT2D eigenvalue weighted by molar-refractivity contribution is -0.130. The zero-order chi connectivity index (χ0) is 13.0. The molecule has 0 aliphatic carbocycles. The molecule has 2 aromatic rings. The molecule has 96 valence electrons. The van der Waals surface area contributed by atoms with Crippen molar-refractivity contribution in [2.24, 2.45) is 0 Å².